The van der Waals surface area contributed by atoms with E-state index in [2.05, 4.69) is 17.1 Å². The monoisotopic (exact) mass is 267 g/mol. The molecule has 0 aromatic carbocycles. The number of nitrogens with zero attached hydrogens (tertiary/aromatic N) is 1. The molecule has 1 rings (SSSR count). The fourth-order valence-corrected chi connectivity index (χ4v) is 2.11. The number of ether oxygens (including phenoxy) is 1. The standard InChI is InChI=1S/C15H25NO3/c1-14(2,3)19-13(18)11-16-10-9-15(12-17)7-5-4-6-8-15/h4-5,10,17H,6-9,11-12H2,1-3H3. The van der Waals surface area contributed by atoms with Gasteiger partial charge < -0.3 is 9.84 Å². The number of hydrogen-bond donors (Lipinski definition) is 1. The van der Waals surface area contributed by atoms with Gasteiger partial charge in [0.05, 0.1) is 0 Å². The van der Waals surface area contributed by atoms with Crippen molar-refractivity contribution in [2.75, 3.05) is 13.2 Å². The fourth-order valence-electron chi connectivity index (χ4n) is 2.11. The zero-order chi connectivity index (χ0) is 14.4. The molecule has 4 heteroatoms. The molecule has 0 saturated heterocycles. The Labute approximate surface area is 115 Å². The van der Waals surface area contributed by atoms with Gasteiger partial charge in [-0.05, 0) is 46.5 Å². The molecule has 0 aromatic rings. The Hall–Kier alpha value is -1.16. The average molecular weight is 267 g/mol. The van der Waals surface area contributed by atoms with Crippen LogP contribution in [0.4, 0.5) is 0 Å². The van der Waals surface area contributed by atoms with Crippen LogP contribution >= 0.6 is 0 Å². The molecule has 0 heterocycles. The van der Waals surface area contributed by atoms with Crippen LogP contribution in [0.2, 0.25) is 0 Å². The maximum Gasteiger partial charge on any atom is 0.328 e. The summed E-state index contributed by atoms with van der Waals surface area (Å²) >= 11 is 0. The van der Waals surface area contributed by atoms with E-state index in [1.165, 1.54) is 0 Å². The maximum atomic E-state index is 11.5. The number of carbonyl (C=O) groups is 1. The summed E-state index contributed by atoms with van der Waals surface area (Å²) in [6, 6.07) is 0. The molecule has 1 N–H and O–H groups in total. The summed E-state index contributed by atoms with van der Waals surface area (Å²) in [6.45, 7) is 5.72. The normalized spacial score (nSPS) is 23.8. The summed E-state index contributed by atoms with van der Waals surface area (Å²) in [5.74, 6) is -0.315. The van der Waals surface area contributed by atoms with Crippen molar-refractivity contribution in [2.45, 2.75) is 52.1 Å². The van der Waals surface area contributed by atoms with Crippen LogP contribution in [0.25, 0.3) is 0 Å². The molecule has 0 radical (unpaired) electrons. The van der Waals surface area contributed by atoms with Gasteiger partial charge in [0.2, 0.25) is 0 Å². The number of rotatable bonds is 5. The molecule has 0 spiro atoms. The molecule has 108 valence electrons. The Morgan fingerprint density at radius 1 is 1.47 bits per heavy atom. The molecule has 1 aliphatic carbocycles. The topological polar surface area (TPSA) is 58.9 Å². The number of hydrogen-bond acceptors (Lipinski definition) is 4. The number of aliphatic hydroxyl groups excluding tert-OH is 1. The van der Waals surface area contributed by atoms with Gasteiger partial charge in [-0.1, -0.05) is 12.2 Å². The highest BCUT2D eigenvalue weighted by Gasteiger charge is 2.28. The Bertz CT molecular complexity index is 355. The van der Waals surface area contributed by atoms with E-state index < -0.39 is 5.60 Å². The number of aliphatic imine (C=N–C) groups is 1. The van der Waals surface area contributed by atoms with Crippen LogP contribution in [0.5, 0.6) is 0 Å². The smallest absolute Gasteiger partial charge is 0.328 e. The Balaban J connectivity index is 2.37. The van der Waals surface area contributed by atoms with Crippen molar-refractivity contribution >= 4 is 12.2 Å². The van der Waals surface area contributed by atoms with E-state index in [0.717, 1.165) is 19.3 Å². The lowest BCUT2D eigenvalue weighted by atomic mass is 9.75. The molecule has 0 aliphatic heterocycles. The first-order chi connectivity index (χ1) is 8.87. The molecule has 0 saturated carbocycles. The highest BCUT2D eigenvalue weighted by atomic mass is 16.6. The van der Waals surface area contributed by atoms with Gasteiger partial charge in [0.15, 0.2) is 0 Å². The third kappa shape index (κ3) is 6.01. The lowest BCUT2D eigenvalue weighted by Gasteiger charge is -2.31. The molecule has 0 bridgehead atoms. The Kier molecular flexibility index (Phi) is 5.73. The molecule has 1 unspecified atom stereocenters. The Morgan fingerprint density at radius 2 is 2.21 bits per heavy atom. The van der Waals surface area contributed by atoms with E-state index in [-0.39, 0.29) is 24.5 Å². The minimum atomic E-state index is -0.465. The van der Waals surface area contributed by atoms with Crippen LogP contribution in [0, 0.1) is 5.41 Å². The number of carbonyl (C=O) groups excluding carboxylic acids is 1. The van der Waals surface area contributed by atoms with Crippen LogP contribution in [0.15, 0.2) is 17.1 Å². The van der Waals surface area contributed by atoms with Crippen LogP contribution in [0.1, 0.15) is 46.5 Å². The summed E-state index contributed by atoms with van der Waals surface area (Å²) in [5.41, 5.74) is -0.556. The van der Waals surface area contributed by atoms with Crippen molar-refractivity contribution in [3.05, 3.63) is 12.2 Å². The summed E-state index contributed by atoms with van der Waals surface area (Å²) < 4.78 is 5.17. The zero-order valence-electron chi connectivity index (χ0n) is 12.2. The number of allylic oxidation sites excluding steroid dienone is 2. The lowest BCUT2D eigenvalue weighted by molar-refractivity contribution is -0.152. The van der Waals surface area contributed by atoms with Gasteiger partial charge >= 0.3 is 5.97 Å². The highest BCUT2D eigenvalue weighted by Crippen LogP contribution is 2.34. The minimum Gasteiger partial charge on any atom is -0.459 e. The summed E-state index contributed by atoms with van der Waals surface area (Å²) in [4.78, 5) is 15.6. The predicted octanol–water partition coefficient (Wildman–Crippen LogP) is 2.51. The predicted molar refractivity (Wildman–Crippen MR) is 76.3 cm³/mol. The van der Waals surface area contributed by atoms with E-state index in [1.54, 1.807) is 6.21 Å². The highest BCUT2D eigenvalue weighted by molar-refractivity contribution is 5.74. The zero-order valence-corrected chi connectivity index (χ0v) is 12.2. The molecule has 0 fully saturated rings. The Morgan fingerprint density at radius 3 is 2.74 bits per heavy atom. The van der Waals surface area contributed by atoms with E-state index in [4.69, 9.17) is 4.74 Å². The van der Waals surface area contributed by atoms with Crippen molar-refractivity contribution < 1.29 is 14.6 Å². The van der Waals surface area contributed by atoms with Gasteiger partial charge in [-0.15, -0.1) is 0 Å². The molecule has 0 amide bonds. The van der Waals surface area contributed by atoms with Gasteiger partial charge in [0, 0.05) is 18.2 Å². The average Bonchev–Trinajstić information content (AvgIpc) is 2.34. The fraction of sp³-hybridized carbons (Fsp3) is 0.733. The summed E-state index contributed by atoms with van der Waals surface area (Å²) in [7, 11) is 0. The first-order valence-electron chi connectivity index (χ1n) is 6.83. The van der Waals surface area contributed by atoms with Crippen molar-refractivity contribution in [2.24, 2.45) is 10.4 Å². The largest absolute Gasteiger partial charge is 0.459 e. The lowest BCUT2D eigenvalue weighted by Crippen LogP contribution is -2.27. The molecule has 0 aromatic heterocycles. The first-order valence-corrected chi connectivity index (χ1v) is 6.83. The third-order valence-electron chi connectivity index (χ3n) is 3.19. The molecule has 1 atom stereocenters. The van der Waals surface area contributed by atoms with Crippen LogP contribution in [-0.2, 0) is 9.53 Å². The molecular weight excluding hydrogens is 242 g/mol. The first kappa shape index (κ1) is 15.9. The second-order valence-corrected chi connectivity index (χ2v) is 6.19. The molecular formula is C15H25NO3. The maximum absolute atomic E-state index is 11.5. The molecule has 19 heavy (non-hydrogen) atoms. The quantitative estimate of drug-likeness (QED) is 0.473. The van der Waals surface area contributed by atoms with E-state index in [1.807, 2.05) is 20.8 Å². The van der Waals surface area contributed by atoms with Crippen molar-refractivity contribution in [1.82, 2.24) is 0 Å². The van der Waals surface area contributed by atoms with Crippen LogP contribution < -0.4 is 0 Å². The minimum absolute atomic E-state index is 0.0502. The molecule has 4 nitrogen and oxygen atoms in total. The van der Waals surface area contributed by atoms with E-state index in [0.29, 0.717) is 6.42 Å². The van der Waals surface area contributed by atoms with Gasteiger partial charge in [-0.3, -0.25) is 9.79 Å². The van der Waals surface area contributed by atoms with Crippen molar-refractivity contribution in [3.63, 3.8) is 0 Å². The van der Waals surface area contributed by atoms with Crippen molar-refractivity contribution in [3.8, 4) is 0 Å². The van der Waals surface area contributed by atoms with E-state index >= 15 is 0 Å². The SMILES string of the molecule is CC(C)(C)OC(=O)CN=CCC1(CO)CC=CCC1. The second-order valence-electron chi connectivity index (χ2n) is 6.19. The number of aliphatic hydroxyl groups is 1. The van der Waals surface area contributed by atoms with Gasteiger partial charge in [-0.25, -0.2) is 0 Å². The van der Waals surface area contributed by atoms with Crippen LogP contribution in [-0.4, -0.2) is 36.0 Å². The van der Waals surface area contributed by atoms with E-state index in [9.17, 15) is 9.90 Å². The summed E-state index contributed by atoms with van der Waals surface area (Å²) in [6.07, 6.45) is 9.56. The number of esters is 1. The second kappa shape index (κ2) is 6.85. The summed E-state index contributed by atoms with van der Waals surface area (Å²) in [5, 5.41) is 9.52. The van der Waals surface area contributed by atoms with Crippen LogP contribution in [0.3, 0.4) is 0 Å². The van der Waals surface area contributed by atoms with Gasteiger partial charge in [0.25, 0.3) is 0 Å². The third-order valence-corrected chi connectivity index (χ3v) is 3.19. The van der Waals surface area contributed by atoms with Crippen molar-refractivity contribution in [1.29, 1.82) is 0 Å². The van der Waals surface area contributed by atoms with Gasteiger partial charge in [0.1, 0.15) is 12.1 Å². The van der Waals surface area contributed by atoms with Gasteiger partial charge in [-0.2, -0.15) is 0 Å². The molecule has 1 aliphatic rings.